The number of carbonyl (C=O) groups excluding carboxylic acids is 1. The Hall–Kier alpha value is -1.60. The fourth-order valence-corrected chi connectivity index (χ4v) is 4.91. The van der Waals surface area contributed by atoms with Crippen LogP contribution in [0.15, 0.2) is 40.8 Å². The number of halogens is 2. The summed E-state index contributed by atoms with van der Waals surface area (Å²) in [7, 11) is 0. The first-order valence-corrected chi connectivity index (χ1v) is 9.60. The van der Waals surface area contributed by atoms with Crippen molar-refractivity contribution in [2.45, 2.75) is 31.3 Å². The van der Waals surface area contributed by atoms with Gasteiger partial charge in [0, 0.05) is 18.6 Å². The second-order valence-electron chi connectivity index (χ2n) is 6.74. The van der Waals surface area contributed by atoms with Crippen LogP contribution >= 0.6 is 36.2 Å². The van der Waals surface area contributed by atoms with E-state index in [2.05, 4.69) is 10.3 Å². The molecule has 0 aliphatic carbocycles. The zero-order valence-corrected chi connectivity index (χ0v) is 17.0. The van der Waals surface area contributed by atoms with Gasteiger partial charge in [-0.3, -0.25) is 4.79 Å². The fourth-order valence-electron chi connectivity index (χ4n) is 3.99. The number of aromatic nitrogens is 1. The number of hydrogen-bond donors (Lipinski definition) is 1. The molecule has 2 aliphatic heterocycles. The lowest BCUT2D eigenvalue weighted by molar-refractivity contribution is 0.0648. The minimum Gasteiger partial charge on any atom is -0.448 e. The van der Waals surface area contributed by atoms with Crippen molar-refractivity contribution in [2.75, 3.05) is 13.1 Å². The summed E-state index contributed by atoms with van der Waals surface area (Å²) in [6, 6.07) is 12.3. The highest BCUT2D eigenvalue weighted by atomic mass is 35.5. The highest BCUT2D eigenvalue weighted by molar-refractivity contribution is 7.21. The van der Waals surface area contributed by atoms with E-state index in [4.69, 9.17) is 4.42 Å². The molecule has 2 aromatic heterocycles. The highest BCUT2D eigenvalue weighted by Crippen LogP contribution is 2.33. The fraction of sp³-hybridized carbons (Fsp3) is 0.368. The van der Waals surface area contributed by atoms with Gasteiger partial charge in [-0.2, -0.15) is 0 Å². The van der Waals surface area contributed by atoms with Gasteiger partial charge >= 0.3 is 0 Å². The number of nitrogens with one attached hydrogen (secondary N) is 1. The lowest BCUT2D eigenvalue weighted by Gasteiger charge is -2.26. The van der Waals surface area contributed by atoms with E-state index in [0.717, 1.165) is 47.6 Å². The van der Waals surface area contributed by atoms with Crippen molar-refractivity contribution in [1.82, 2.24) is 15.2 Å². The summed E-state index contributed by atoms with van der Waals surface area (Å²) >= 11 is 1.59. The Morgan fingerprint density at radius 1 is 1.11 bits per heavy atom. The summed E-state index contributed by atoms with van der Waals surface area (Å²) in [6.45, 7) is 1.87. The first-order chi connectivity index (χ1) is 12.3. The van der Waals surface area contributed by atoms with Gasteiger partial charge < -0.3 is 14.6 Å². The molecular formula is C19H21Cl2N3O2S. The number of benzene rings is 1. The molecule has 2 saturated heterocycles. The molecule has 2 aliphatic rings. The number of amides is 1. The number of para-hydroxylation sites is 1. The van der Waals surface area contributed by atoms with Crippen LogP contribution in [-0.4, -0.2) is 41.0 Å². The second kappa shape index (κ2) is 8.19. The minimum atomic E-state index is 0. The van der Waals surface area contributed by atoms with Gasteiger partial charge in [0.25, 0.3) is 5.91 Å². The number of thiazole rings is 1. The van der Waals surface area contributed by atoms with Crippen LogP contribution in [0.2, 0.25) is 0 Å². The maximum absolute atomic E-state index is 13.0. The summed E-state index contributed by atoms with van der Waals surface area (Å²) < 4.78 is 7.04. The van der Waals surface area contributed by atoms with E-state index in [0.29, 0.717) is 17.6 Å². The predicted molar refractivity (Wildman–Crippen MR) is 112 cm³/mol. The van der Waals surface area contributed by atoms with E-state index < -0.39 is 0 Å². The van der Waals surface area contributed by atoms with Gasteiger partial charge in [-0.05, 0) is 50.1 Å². The quantitative estimate of drug-likeness (QED) is 0.662. The molecule has 4 heterocycles. The molecule has 27 heavy (non-hydrogen) atoms. The van der Waals surface area contributed by atoms with Gasteiger partial charge in [-0.25, -0.2) is 4.98 Å². The van der Waals surface area contributed by atoms with E-state index in [1.165, 1.54) is 0 Å². The Balaban J connectivity index is 0.00000105. The molecule has 1 aromatic carbocycles. The maximum Gasteiger partial charge on any atom is 0.290 e. The van der Waals surface area contributed by atoms with Gasteiger partial charge in [0.1, 0.15) is 0 Å². The van der Waals surface area contributed by atoms with E-state index in [-0.39, 0.29) is 36.8 Å². The van der Waals surface area contributed by atoms with Crippen molar-refractivity contribution in [1.29, 1.82) is 0 Å². The summed E-state index contributed by atoms with van der Waals surface area (Å²) in [5.74, 6) is 1.11. The molecule has 1 amide bonds. The number of fused-ring (bicyclic) bond motifs is 3. The second-order valence-corrected chi connectivity index (χ2v) is 7.77. The van der Waals surface area contributed by atoms with Gasteiger partial charge in [-0.15, -0.1) is 36.2 Å². The molecule has 0 saturated carbocycles. The van der Waals surface area contributed by atoms with E-state index in [1.807, 2.05) is 35.2 Å². The van der Waals surface area contributed by atoms with Crippen LogP contribution in [0.3, 0.4) is 0 Å². The average molecular weight is 426 g/mol. The molecular weight excluding hydrogens is 405 g/mol. The normalized spacial score (nSPS) is 21.4. The number of furan rings is 1. The summed E-state index contributed by atoms with van der Waals surface area (Å²) in [4.78, 5) is 19.7. The van der Waals surface area contributed by atoms with Crippen LogP contribution in [0.25, 0.3) is 21.0 Å². The minimum absolute atomic E-state index is 0. The average Bonchev–Trinajstić information content (AvgIpc) is 3.29. The van der Waals surface area contributed by atoms with Crippen LogP contribution < -0.4 is 5.32 Å². The first kappa shape index (κ1) is 20.1. The molecule has 0 spiro atoms. The monoisotopic (exact) mass is 425 g/mol. The summed E-state index contributed by atoms with van der Waals surface area (Å²) in [6.07, 6.45) is 3.20. The smallest absolute Gasteiger partial charge is 0.290 e. The zero-order valence-electron chi connectivity index (χ0n) is 14.6. The molecule has 2 unspecified atom stereocenters. The molecule has 144 valence electrons. The first-order valence-electron chi connectivity index (χ1n) is 8.79. The van der Waals surface area contributed by atoms with Crippen molar-refractivity contribution in [3.63, 3.8) is 0 Å². The molecule has 8 heteroatoms. The van der Waals surface area contributed by atoms with Crippen molar-refractivity contribution in [3.05, 3.63) is 42.2 Å². The van der Waals surface area contributed by atoms with Gasteiger partial charge in [-0.1, -0.05) is 12.1 Å². The largest absolute Gasteiger partial charge is 0.448 e. The lowest BCUT2D eigenvalue weighted by atomic mass is 10.1. The van der Waals surface area contributed by atoms with Crippen molar-refractivity contribution >= 4 is 52.3 Å². The molecule has 5 rings (SSSR count). The van der Waals surface area contributed by atoms with E-state index >= 15 is 0 Å². The standard InChI is InChI=1S/C19H19N3O2S.2ClH/c23-19(22-12-5-6-13(22)11-20-10-9-12)16-8-7-15(24-16)18-21-14-3-1-2-4-17(14)25-18;;/h1-4,7-8,12-13,20H,5-6,9-11H2;2*1H. The van der Waals surface area contributed by atoms with E-state index in [1.54, 1.807) is 17.4 Å². The van der Waals surface area contributed by atoms with Crippen LogP contribution in [-0.2, 0) is 0 Å². The molecule has 5 nitrogen and oxygen atoms in total. The molecule has 2 atom stereocenters. The highest BCUT2D eigenvalue weighted by Gasteiger charge is 2.39. The lowest BCUT2D eigenvalue weighted by Crippen LogP contribution is -2.42. The Morgan fingerprint density at radius 3 is 2.78 bits per heavy atom. The summed E-state index contributed by atoms with van der Waals surface area (Å²) in [5.41, 5.74) is 0.961. The Morgan fingerprint density at radius 2 is 1.93 bits per heavy atom. The number of carbonyl (C=O) groups is 1. The van der Waals surface area contributed by atoms with Crippen LogP contribution in [0.4, 0.5) is 0 Å². The number of rotatable bonds is 2. The SMILES string of the molecule is Cl.Cl.O=C(c1ccc(-c2nc3ccccc3s2)o1)N1C2CCNCC1CC2. The summed E-state index contributed by atoms with van der Waals surface area (Å²) in [5, 5.41) is 4.25. The Kier molecular flexibility index (Phi) is 6.11. The number of nitrogens with zero attached hydrogens (tertiary/aromatic N) is 2. The van der Waals surface area contributed by atoms with Crippen molar-refractivity contribution in [3.8, 4) is 10.8 Å². The third-order valence-electron chi connectivity index (χ3n) is 5.21. The van der Waals surface area contributed by atoms with Crippen LogP contribution in [0.5, 0.6) is 0 Å². The third kappa shape index (κ3) is 3.59. The molecule has 2 bridgehead atoms. The maximum atomic E-state index is 13.0. The Labute approximate surface area is 174 Å². The number of hydrogen-bond acceptors (Lipinski definition) is 5. The predicted octanol–water partition coefficient (Wildman–Crippen LogP) is 4.37. The van der Waals surface area contributed by atoms with Crippen LogP contribution in [0.1, 0.15) is 29.8 Å². The van der Waals surface area contributed by atoms with Crippen LogP contribution in [0, 0.1) is 0 Å². The molecule has 1 N–H and O–H groups in total. The molecule has 2 fully saturated rings. The van der Waals surface area contributed by atoms with Gasteiger partial charge in [0.05, 0.1) is 10.2 Å². The Bertz CT molecular complexity index is 895. The molecule has 3 aromatic rings. The third-order valence-corrected chi connectivity index (χ3v) is 6.26. The molecule has 0 radical (unpaired) electrons. The van der Waals surface area contributed by atoms with Crippen molar-refractivity contribution in [2.24, 2.45) is 0 Å². The van der Waals surface area contributed by atoms with E-state index in [9.17, 15) is 4.79 Å². The van der Waals surface area contributed by atoms with Gasteiger partial charge in [0.15, 0.2) is 16.5 Å². The zero-order chi connectivity index (χ0) is 16.8. The topological polar surface area (TPSA) is 58.4 Å². The van der Waals surface area contributed by atoms with Gasteiger partial charge in [0.2, 0.25) is 0 Å². The van der Waals surface area contributed by atoms with Crippen molar-refractivity contribution < 1.29 is 9.21 Å².